The van der Waals surface area contributed by atoms with E-state index in [4.69, 9.17) is 16.3 Å². The second kappa shape index (κ2) is 6.38. The Morgan fingerprint density at radius 2 is 1.92 bits per heavy atom. The van der Waals surface area contributed by atoms with Crippen LogP contribution in [0.3, 0.4) is 0 Å². The second-order valence-electron chi connectivity index (χ2n) is 5.42. The van der Waals surface area contributed by atoms with Gasteiger partial charge in [0.25, 0.3) is 11.8 Å². The van der Waals surface area contributed by atoms with E-state index in [-0.39, 0.29) is 28.0 Å². The van der Waals surface area contributed by atoms with Gasteiger partial charge in [-0.25, -0.2) is 8.42 Å². The van der Waals surface area contributed by atoms with Gasteiger partial charge in [-0.3, -0.25) is 9.59 Å². The van der Waals surface area contributed by atoms with Gasteiger partial charge in [0, 0.05) is 17.9 Å². The summed E-state index contributed by atoms with van der Waals surface area (Å²) >= 11 is 6.12. The highest BCUT2D eigenvalue weighted by Gasteiger charge is 2.19. The number of rotatable bonds is 3. The molecule has 0 aliphatic carbocycles. The number of ether oxygens (including phenoxy) is 1. The molecule has 0 saturated carbocycles. The SMILES string of the molecule is CS(=O)(=O)c1ccc(C(=O)Nc2cc3c(cc2Cl)NC(=O)CO3)cc1. The maximum Gasteiger partial charge on any atom is 0.262 e. The molecule has 0 spiro atoms. The van der Waals surface area contributed by atoms with Gasteiger partial charge in [0.2, 0.25) is 0 Å². The molecular weight excluding hydrogens is 368 g/mol. The zero-order chi connectivity index (χ0) is 18.2. The lowest BCUT2D eigenvalue weighted by molar-refractivity contribution is -0.118. The lowest BCUT2D eigenvalue weighted by Gasteiger charge is -2.19. The van der Waals surface area contributed by atoms with E-state index in [0.717, 1.165) is 6.26 Å². The molecule has 0 bridgehead atoms. The van der Waals surface area contributed by atoms with E-state index in [9.17, 15) is 18.0 Å². The van der Waals surface area contributed by atoms with Crippen LogP contribution in [0.4, 0.5) is 11.4 Å². The first kappa shape index (κ1) is 17.2. The fourth-order valence-electron chi connectivity index (χ4n) is 2.24. The van der Waals surface area contributed by atoms with Crippen molar-refractivity contribution in [3.05, 3.63) is 47.0 Å². The van der Waals surface area contributed by atoms with Crippen LogP contribution in [0.25, 0.3) is 0 Å². The molecule has 0 atom stereocenters. The number of fused-ring (bicyclic) bond motifs is 1. The second-order valence-corrected chi connectivity index (χ2v) is 7.84. The van der Waals surface area contributed by atoms with E-state index >= 15 is 0 Å². The van der Waals surface area contributed by atoms with Crippen LogP contribution in [-0.4, -0.2) is 33.1 Å². The number of carbonyl (C=O) groups is 2. The van der Waals surface area contributed by atoms with Crippen LogP contribution in [0.15, 0.2) is 41.3 Å². The highest BCUT2D eigenvalue weighted by Crippen LogP contribution is 2.36. The number of benzene rings is 2. The van der Waals surface area contributed by atoms with Crippen LogP contribution in [0, 0.1) is 0 Å². The van der Waals surface area contributed by atoms with E-state index in [0.29, 0.717) is 17.1 Å². The summed E-state index contributed by atoms with van der Waals surface area (Å²) in [6, 6.07) is 8.54. The van der Waals surface area contributed by atoms with Crippen molar-refractivity contribution < 1.29 is 22.7 Å². The van der Waals surface area contributed by atoms with Gasteiger partial charge in [-0.1, -0.05) is 11.6 Å². The Balaban J connectivity index is 1.82. The third-order valence-corrected chi connectivity index (χ3v) is 4.94. The predicted octanol–water partition coefficient (Wildman–Crippen LogP) is 2.33. The zero-order valence-electron chi connectivity index (χ0n) is 13.0. The number of hydrogen-bond donors (Lipinski definition) is 2. The third-order valence-electron chi connectivity index (χ3n) is 3.49. The van der Waals surface area contributed by atoms with Gasteiger partial charge < -0.3 is 15.4 Å². The Labute approximate surface area is 148 Å². The van der Waals surface area contributed by atoms with Gasteiger partial charge in [0.1, 0.15) is 5.75 Å². The first-order valence-electron chi connectivity index (χ1n) is 7.12. The summed E-state index contributed by atoms with van der Waals surface area (Å²) < 4.78 is 28.2. The van der Waals surface area contributed by atoms with E-state index in [2.05, 4.69) is 10.6 Å². The van der Waals surface area contributed by atoms with E-state index in [1.165, 1.54) is 36.4 Å². The van der Waals surface area contributed by atoms with Crippen molar-refractivity contribution in [2.45, 2.75) is 4.90 Å². The van der Waals surface area contributed by atoms with E-state index in [1.807, 2.05) is 0 Å². The molecule has 3 rings (SSSR count). The molecule has 2 aromatic carbocycles. The molecule has 7 nitrogen and oxygen atoms in total. The van der Waals surface area contributed by atoms with Crippen molar-refractivity contribution in [1.29, 1.82) is 0 Å². The van der Waals surface area contributed by atoms with Crippen molar-refractivity contribution in [2.24, 2.45) is 0 Å². The molecule has 2 N–H and O–H groups in total. The zero-order valence-corrected chi connectivity index (χ0v) is 14.6. The van der Waals surface area contributed by atoms with Crippen LogP contribution < -0.4 is 15.4 Å². The Morgan fingerprint density at radius 3 is 2.56 bits per heavy atom. The first-order chi connectivity index (χ1) is 11.7. The molecule has 0 saturated heterocycles. The molecule has 0 aromatic heterocycles. The minimum absolute atomic E-state index is 0.116. The maximum absolute atomic E-state index is 12.3. The van der Waals surface area contributed by atoms with Crippen LogP contribution in [-0.2, 0) is 14.6 Å². The average Bonchev–Trinajstić information content (AvgIpc) is 2.55. The average molecular weight is 381 g/mol. The highest BCUT2D eigenvalue weighted by atomic mass is 35.5. The molecule has 1 aliphatic rings. The lowest BCUT2D eigenvalue weighted by atomic mass is 10.2. The minimum atomic E-state index is -3.33. The molecule has 9 heteroatoms. The summed E-state index contributed by atoms with van der Waals surface area (Å²) in [6.07, 6.45) is 1.09. The molecule has 25 heavy (non-hydrogen) atoms. The minimum Gasteiger partial charge on any atom is -0.482 e. The first-order valence-corrected chi connectivity index (χ1v) is 9.38. The molecular formula is C16H13ClN2O5S. The molecule has 0 radical (unpaired) electrons. The number of sulfone groups is 1. The third kappa shape index (κ3) is 3.75. The van der Waals surface area contributed by atoms with Crippen molar-refractivity contribution in [3.63, 3.8) is 0 Å². The van der Waals surface area contributed by atoms with Gasteiger partial charge in [0.05, 0.1) is 21.3 Å². The van der Waals surface area contributed by atoms with Gasteiger partial charge in [-0.15, -0.1) is 0 Å². The highest BCUT2D eigenvalue weighted by molar-refractivity contribution is 7.90. The summed E-state index contributed by atoms with van der Waals surface area (Å²) in [5.74, 6) is -0.347. The standard InChI is InChI=1S/C16H13ClN2O5S/c1-25(22,23)10-4-2-9(3-5-10)16(21)19-12-7-14-13(6-11(12)17)18-15(20)8-24-14/h2-7H,8H2,1H3,(H,18,20)(H,19,21). The Hall–Kier alpha value is -2.58. The Bertz CT molecular complexity index is 971. The summed E-state index contributed by atoms with van der Waals surface area (Å²) in [6.45, 7) is -0.116. The fourth-order valence-corrected chi connectivity index (χ4v) is 3.09. The van der Waals surface area contributed by atoms with Crippen molar-refractivity contribution in [2.75, 3.05) is 23.5 Å². The Morgan fingerprint density at radius 1 is 1.24 bits per heavy atom. The topological polar surface area (TPSA) is 102 Å². The van der Waals surface area contributed by atoms with Crippen molar-refractivity contribution in [3.8, 4) is 5.75 Å². The molecule has 2 aromatic rings. The number of nitrogens with one attached hydrogen (secondary N) is 2. The molecule has 1 heterocycles. The molecule has 0 fully saturated rings. The maximum atomic E-state index is 12.3. The summed E-state index contributed by atoms with van der Waals surface area (Å²) in [5.41, 5.74) is 1.01. The quantitative estimate of drug-likeness (QED) is 0.850. The molecule has 2 amide bonds. The monoisotopic (exact) mass is 380 g/mol. The summed E-state index contributed by atoms with van der Waals surface area (Å²) in [7, 11) is -3.33. The molecule has 130 valence electrons. The van der Waals surface area contributed by atoms with Gasteiger partial charge in [-0.2, -0.15) is 0 Å². The number of hydrogen-bond acceptors (Lipinski definition) is 5. The number of halogens is 1. The fraction of sp³-hybridized carbons (Fsp3) is 0.125. The Kier molecular flexibility index (Phi) is 4.40. The van der Waals surface area contributed by atoms with Gasteiger partial charge in [0.15, 0.2) is 16.4 Å². The largest absolute Gasteiger partial charge is 0.482 e. The van der Waals surface area contributed by atoms with E-state index in [1.54, 1.807) is 0 Å². The normalized spacial score (nSPS) is 13.4. The van der Waals surface area contributed by atoms with Crippen LogP contribution in [0.2, 0.25) is 5.02 Å². The summed E-state index contributed by atoms with van der Waals surface area (Å²) in [5, 5.41) is 5.48. The number of anilines is 2. The van der Waals surface area contributed by atoms with Crippen LogP contribution in [0.5, 0.6) is 5.75 Å². The van der Waals surface area contributed by atoms with E-state index < -0.39 is 15.7 Å². The van der Waals surface area contributed by atoms with Gasteiger partial charge >= 0.3 is 0 Å². The predicted molar refractivity (Wildman–Crippen MR) is 93.1 cm³/mol. The van der Waals surface area contributed by atoms with Gasteiger partial charge in [-0.05, 0) is 30.3 Å². The molecule has 1 aliphatic heterocycles. The lowest BCUT2D eigenvalue weighted by Crippen LogP contribution is -2.25. The van der Waals surface area contributed by atoms with Crippen LogP contribution in [0.1, 0.15) is 10.4 Å². The van der Waals surface area contributed by atoms with Crippen LogP contribution >= 0.6 is 11.6 Å². The summed E-state index contributed by atoms with van der Waals surface area (Å²) in [4.78, 5) is 23.7. The molecule has 0 unspecified atom stereocenters. The van der Waals surface area contributed by atoms with Crippen molar-refractivity contribution in [1.82, 2.24) is 0 Å². The number of amides is 2. The smallest absolute Gasteiger partial charge is 0.262 e. The number of carbonyl (C=O) groups excluding carboxylic acids is 2. The van der Waals surface area contributed by atoms with Crippen molar-refractivity contribution >= 4 is 44.6 Å².